The highest BCUT2D eigenvalue weighted by molar-refractivity contribution is 5.81. The SMILES string of the molecule is CC(=O)CNCC(=O)NC(C)(C)C. The third-order valence-corrected chi connectivity index (χ3v) is 1.17. The Morgan fingerprint density at radius 2 is 1.69 bits per heavy atom. The van der Waals surface area contributed by atoms with Crippen LogP contribution in [0.3, 0.4) is 0 Å². The molecule has 13 heavy (non-hydrogen) atoms. The van der Waals surface area contributed by atoms with Crippen molar-refractivity contribution in [1.82, 2.24) is 10.6 Å². The van der Waals surface area contributed by atoms with Gasteiger partial charge < -0.3 is 10.6 Å². The van der Waals surface area contributed by atoms with Crippen LogP contribution < -0.4 is 10.6 Å². The summed E-state index contributed by atoms with van der Waals surface area (Å²) in [4.78, 5) is 21.7. The Labute approximate surface area is 79.1 Å². The van der Waals surface area contributed by atoms with E-state index in [2.05, 4.69) is 10.6 Å². The lowest BCUT2D eigenvalue weighted by Crippen LogP contribution is -2.45. The first-order chi connectivity index (χ1) is 5.81. The molecule has 4 nitrogen and oxygen atoms in total. The zero-order chi connectivity index (χ0) is 10.5. The van der Waals surface area contributed by atoms with Gasteiger partial charge in [0.05, 0.1) is 13.1 Å². The molecule has 0 aliphatic heterocycles. The lowest BCUT2D eigenvalue weighted by atomic mass is 10.1. The predicted molar refractivity (Wildman–Crippen MR) is 51.4 cm³/mol. The van der Waals surface area contributed by atoms with Gasteiger partial charge in [0.1, 0.15) is 5.78 Å². The Morgan fingerprint density at radius 1 is 1.15 bits per heavy atom. The summed E-state index contributed by atoms with van der Waals surface area (Å²) in [5, 5.41) is 5.53. The molecule has 0 fully saturated rings. The smallest absolute Gasteiger partial charge is 0.234 e. The van der Waals surface area contributed by atoms with E-state index in [0.717, 1.165) is 0 Å². The zero-order valence-corrected chi connectivity index (χ0v) is 8.73. The predicted octanol–water partition coefficient (Wildman–Crippen LogP) is 0.0797. The third kappa shape index (κ3) is 9.01. The van der Waals surface area contributed by atoms with Crippen molar-refractivity contribution in [3.05, 3.63) is 0 Å². The third-order valence-electron chi connectivity index (χ3n) is 1.17. The second-order valence-corrected chi connectivity index (χ2v) is 4.10. The van der Waals surface area contributed by atoms with Gasteiger partial charge in [0.2, 0.25) is 5.91 Å². The van der Waals surface area contributed by atoms with Gasteiger partial charge in [-0.05, 0) is 27.7 Å². The summed E-state index contributed by atoms with van der Waals surface area (Å²) in [5.74, 6) is -0.0580. The molecule has 0 aliphatic rings. The number of hydrogen-bond acceptors (Lipinski definition) is 3. The standard InChI is InChI=1S/C9H18N2O2/c1-7(12)5-10-6-8(13)11-9(2,3)4/h10H,5-6H2,1-4H3,(H,11,13). The maximum Gasteiger partial charge on any atom is 0.234 e. The molecular formula is C9H18N2O2. The number of carbonyl (C=O) groups is 2. The van der Waals surface area contributed by atoms with Gasteiger partial charge in [0, 0.05) is 5.54 Å². The Kier molecular flexibility index (Phi) is 4.62. The van der Waals surface area contributed by atoms with Gasteiger partial charge in [-0.3, -0.25) is 9.59 Å². The number of ketones is 1. The van der Waals surface area contributed by atoms with Crippen LogP contribution >= 0.6 is 0 Å². The Balaban J connectivity index is 3.59. The largest absolute Gasteiger partial charge is 0.350 e. The van der Waals surface area contributed by atoms with Gasteiger partial charge in [-0.15, -0.1) is 0 Å². The van der Waals surface area contributed by atoms with E-state index in [0.29, 0.717) is 0 Å². The minimum absolute atomic E-state index is 0.0311. The Hall–Kier alpha value is -0.900. The van der Waals surface area contributed by atoms with E-state index < -0.39 is 0 Å². The molecule has 0 atom stereocenters. The highest BCUT2D eigenvalue weighted by Gasteiger charge is 2.12. The monoisotopic (exact) mass is 186 g/mol. The highest BCUT2D eigenvalue weighted by Crippen LogP contribution is 1.96. The molecule has 0 saturated heterocycles. The van der Waals surface area contributed by atoms with Gasteiger partial charge >= 0.3 is 0 Å². The van der Waals surface area contributed by atoms with Crippen molar-refractivity contribution < 1.29 is 9.59 Å². The molecule has 2 N–H and O–H groups in total. The topological polar surface area (TPSA) is 58.2 Å². The summed E-state index contributed by atoms with van der Waals surface area (Å²) < 4.78 is 0. The summed E-state index contributed by atoms with van der Waals surface area (Å²) in [7, 11) is 0. The molecule has 0 heterocycles. The van der Waals surface area contributed by atoms with Crippen LogP contribution in [0.4, 0.5) is 0 Å². The summed E-state index contributed by atoms with van der Waals surface area (Å²) >= 11 is 0. The lowest BCUT2D eigenvalue weighted by molar-refractivity contribution is -0.121. The first-order valence-electron chi connectivity index (χ1n) is 4.32. The molecule has 76 valence electrons. The van der Waals surface area contributed by atoms with E-state index in [1.807, 2.05) is 20.8 Å². The number of hydrogen-bond donors (Lipinski definition) is 2. The molecule has 0 aromatic heterocycles. The van der Waals surface area contributed by atoms with Crippen LogP contribution in [-0.4, -0.2) is 30.3 Å². The normalized spacial score (nSPS) is 11.1. The molecule has 0 radical (unpaired) electrons. The Bertz CT molecular complexity index is 194. The van der Waals surface area contributed by atoms with Crippen LogP contribution in [0.25, 0.3) is 0 Å². The van der Waals surface area contributed by atoms with Gasteiger partial charge in [0.25, 0.3) is 0 Å². The van der Waals surface area contributed by atoms with Crippen molar-refractivity contribution in [3.63, 3.8) is 0 Å². The highest BCUT2D eigenvalue weighted by atomic mass is 16.2. The minimum Gasteiger partial charge on any atom is -0.350 e. The maximum atomic E-state index is 11.2. The molecule has 1 amide bonds. The molecule has 0 aromatic carbocycles. The number of Topliss-reactive ketones (excluding diaryl/α,β-unsaturated/α-hetero) is 1. The van der Waals surface area contributed by atoms with Crippen molar-refractivity contribution >= 4 is 11.7 Å². The minimum atomic E-state index is -0.213. The quantitative estimate of drug-likeness (QED) is 0.653. The van der Waals surface area contributed by atoms with E-state index in [4.69, 9.17) is 0 Å². The average molecular weight is 186 g/mol. The van der Waals surface area contributed by atoms with Gasteiger partial charge in [-0.1, -0.05) is 0 Å². The van der Waals surface area contributed by atoms with E-state index in [1.165, 1.54) is 6.92 Å². The Morgan fingerprint density at radius 3 is 2.08 bits per heavy atom. The molecule has 4 heteroatoms. The van der Waals surface area contributed by atoms with Crippen LogP contribution in [0.15, 0.2) is 0 Å². The van der Waals surface area contributed by atoms with Crippen LogP contribution in [0.5, 0.6) is 0 Å². The summed E-state index contributed by atoms with van der Waals surface area (Å²) in [6.45, 7) is 7.66. The van der Waals surface area contributed by atoms with Crippen LogP contribution in [-0.2, 0) is 9.59 Å². The van der Waals surface area contributed by atoms with Crippen LogP contribution in [0, 0.1) is 0 Å². The molecule has 0 spiro atoms. The number of rotatable bonds is 4. The van der Waals surface area contributed by atoms with Crippen molar-refractivity contribution in [3.8, 4) is 0 Å². The first kappa shape index (κ1) is 12.1. The van der Waals surface area contributed by atoms with Gasteiger partial charge in [-0.25, -0.2) is 0 Å². The summed E-state index contributed by atoms with van der Waals surface area (Å²) in [6.07, 6.45) is 0. The molecule has 0 bridgehead atoms. The number of nitrogens with one attached hydrogen (secondary N) is 2. The molecule has 0 saturated carbocycles. The van der Waals surface area contributed by atoms with E-state index in [9.17, 15) is 9.59 Å². The second kappa shape index (κ2) is 4.97. The van der Waals surface area contributed by atoms with Crippen molar-refractivity contribution in [1.29, 1.82) is 0 Å². The second-order valence-electron chi connectivity index (χ2n) is 4.10. The molecule has 0 unspecified atom stereocenters. The first-order valence-corrected chi connectivity index (χ1v) is 4.32. The summed E-state index contributed by atoms with van der Waals surface area (Å²) in [6, 6.07) is 0. The number of amides is 1. The molecular weight excluding hydrogens is 168 g/mol. The van der Waals surface area contributed by atoms with E-state index in [-0.39, 0.29) is 30.3 Å². The molecule has 0 aliphatic carbocycles. The average Bonchev–Trinajstić information content (AvgIpc) is 1.81. The van der Waals surface area contributed by atoms with Gasteiger partial charge in [-0.2, -0.15) is 0 Å². The maximum absolute atomic E-state index is 11.2. The van der Waals surface area contributed by atoms with E-state index in [1.54, 1.807) is 0 Å². The van der Waals surface area contributed by atoms with E-state index >= 15 is 0 Å². The van der Waals surface area contributed by atoms with Crippen molar-refractivity contribution in [2.24, 2.45) is 0 Å². The summed E-state index contributed by atoms with van der Waals surface area (Å²) in [5.41, 5.74) is -0.213. The van der Waals surface area contributed by atoms with Crippen molar-refractivity contribution in [2.45, 2.75) is 33.2 Å². The zero-order valence-electron chi connectivity index (χ0n) is 8.73. The number of carbonyl (C=O) groups excluding carboxylic acids is 2. The van der Waals surface area contributed by atoms with Crippen molar-refractivity contribution in [2.75, 3.05) is 13.1 Å². The molecule has 0 rings (SSSR count). The van der Waals surface area contributed by atoms with Crippen LogP contribution in [0.1, 0.15) is 27.7 Å². The fraction of sp³-hybridized carbons (Fsp3) is 0.778. The van der Waals surface area contributed by atoms with Crippen LogP contribution in [0.2, 0.25) is 0 Å². The fourth-order valence-electron chi connectivity index (χ4n) is 0.815. The molecule has 0 aromatic rings. The fourth-order valence-corrected chi connectivity index (χ4v) is 0.815. The lowest BCUT2D eigenvalue weighted by Gasteiger charge is -2.20. The van der Waals surface area contributed by atoms with Gasteiger partial charge in [0.15, 0.2) is 0 Å².